The normalized spacial score (nSPS) is 11.5. The molecule has 0 spiro atoms. The molecule has 1 aromatic heterocycles. The van der Waals surface area contributed by atoms with Gasteiger partial charge in [0.2, 0.25) is 0 Å². The SMILES string of the molecule is COC(=O)c1c(C)nc(C)c(C(=O)OC(C)(C)CN(C)CCC(c2ccccc2)c2ccccc2)c1-c1cccc([N+](=O)[O-])c1. The predicted molar refractivity (Wildman–Crippen MR) is 173 cm³/mol. The summed E-state index contributed by atoms with van der Waals surface area (Å²) < 4.78 is 11.1. The largest absolute Gasteiger partial charge is 0.465 e. The quantitative estimate of drug-likeness (QED) is 0.0946. The molecule has 0 saturated carbocycles. The Kier molecular flexibility index (Phi) is 10.5. The van der Waals surface area contributed by atoms with Crippen LogP contribution in [-0.4, -0.2) is 59.6 Å². The Labute approximate surface area is 264 Å². The van der Waals surface area contributed by atoms with Crippen LogP contribution in [0.1, 0.15) is 69.4 Å². The number of carbonyl (C=O) groups excluding carboxylic acids is 2. The van der Waals surface area contributed by atoms with Crippen molar-refractivity contribution in [2.45, 2.75) is 45.6 Å². The molecule has 4 aromatic rings. The third-order valence-corrected chi connectivity index (χ3v) is 7.72. The third kappa shape index (κ3) is 7.99. The topological polar surface area (TPSA) is 112 Å². The molecular formula is C36H39N3O6. The molecule has 0 aliphatic rings. The Balaban J connectivity index is 1.60. The lowest BCUT2D eigenvalue weighted by Gasteiger charge is -2.32. The Morgan fingerprint density at radius 1 is 0.889 bits per heavy atom. The summed E-state index contributed by atoms with van der Waals surface area (Å²) in [6.07, 6.45) is 0.856. The molecule has 9 heteroatoms. The number of esters is 2. The van der Waals surface area contributed by atoms with Crippen LogP contribution in [0.25, 0.3) is 11.1 Å². The molecule has 0 unspecified atom stereocenters. The van der Waals surface area contributed by atoms with E-state index >= 15 is 0 Å². The number of ether oxygens (including phenoxy) is 2. The summed E-state index contributed by atoms with van der Waals surface area (Å²) >= 11 is 0. The first-order valence-electron chi connectivity index (χ1n) is 14.8. The van der Waals surface area contributed by atoms with Gasteiger partial charge in [0.1, 0.15) is 5.60 Å². The van der Waals surface area contributed by atoms with Gasteiger partial charge in [0.15, 0.2) is 0 Å². The number of hydrogen-bond donors (Lipinski definition) is 0. The van der Waals surface area contributed by atoms with Crippen LogP contribution < -0.4 is 0 Å². The van der Waals surface area contributed by atoms with Gasteiger partial charge < -0.3 is 14.4 Å². The second kappa shape index (κ2) is 14.3. The number of benzene rings is 3. The fraction of sp³-hybridized carbons (Fsp3) is 0.306. The van der Waals surface area contributed by atoms with E-state index in [1.165, 1.54) is 36.4 Å². The van der Waals surface area contributed by atoms with Crippen LogP contribution >= 0.6 is 0 Å². The van der Waals surface area contributed by atoms with Gasteiger partial charge >= 0.3 is 11.9 Å². The van der Waals surface area contributed by atoms with Gasteiger partial charge in [-0.3, -0.25) is 15.1 Å². The minimum atomic E-state index is -0.927. The molecule has 0 fully saturated rings. The fourth-order valence-electron chi connectivity index (χ4n) is 5.82. The molecule has 4 rings (SSSR count). The lowest BCUT2D eigenvalue weighted by atomic mass is 9.88. The molecule has 0 bridgehead atoms. The van der Waals surface area contributed by atoms with E-state index < -0.39 is 22.5 Å². The highest BCUT2D eigenvalue weighted by Gasteiger charge is 2.32. The molecule has 0 N–H and O–H groups in total. The standard InChI is InChI=1S/C36H39N3O6/c1-24-31(34(40)44-6)33(28-18-13-19-29(22-28)39(42)43)32(25(2)37-24)35(41)45-36(3,4)23-38(5)21-20-30(26-14-9-7-10-15-26)27-16-11-8-12-17-27/h7-19,22,30H,20-21,23H2,1-6H3. The first kappa shape index (κ1) is 33.0. The Hall–Kier alpha value is -4.89. The summed E-state index contributed by atoms with van der Waals surface area (Å²) in [6, 6.07) is 26.6. The number of aryl methyl sites for hydroxylation is 2. The molecule has 0 aliphatic carbocycles. The van der Waals surface area contributed by atoms with E-state index in [0.717, 1.165) is 13.0 Å². The van der Waals surface area contributed by atoms with Crippen molar-refractivity contribution in [3.63, 3.8) is 0 Å². The van der Waals surface area contributed by atoms with Crippen LogP contribution in [0.2, 0.25) is 0 Å². The zero-order chi connectivity index (χ0) is 32.7. The maximum Gasteiger partial charge on any atom is 0.341 e. The van der Waals surface area contributed by atoms with Crippen LogP contribution in [0.5, 0.6) is 0 Å². The first-order valence-corrected chi connectivity index (χ1v) is 14.8. The molecule has 1 heterocycles. The Morgan fingerprint density at radius 2 is 1.44 bits per heavy atom. The van der Waals surface area contributed by atoms with Gasteiger partial charge in [0.25, 0.3) is 5.69 Å². The zero-order valence-corrected chi connectivity index (χ0v) is 26.6. The van der Waals surface area contributed by atoms with E-state index in [-0.39, 0.29) is 28.3 Å². The lowest BCUT2D eigenvalue weighted by Crippen LogP contribution is -2.41. The Bertz CT molecular complexity index is 1630. The minimum absolute atomic E-state index is 0.0540. The highest BCUT2D eigenvalue weighted by Crippen LogP contribution is 2.35. The van der Waals surface area contributed by atoms with E-state index in [0.29, 0.717) is 23.5 Å². The van der Waals surface area contributed by atoms with Gasteiger partial charge in [0.05, 0.1) is 34.5 Å². The molecular weight excluding hydrogens is 570 g/mol. The second-order valence-corrected chi connectivity index (χ2v) is 11.8. The van der Waals surface area contributed by atoms with E-state index in [1.807, 2.05) is 57.3 Å². The maximum atomic E-state index is 13.9. The van der Waals surface area contributed by atoms with Crippen molar-refractivity contribution in [2.75, 3.05) is 27.2 Å². The van der Waals surface area contributed by atoms with E-state index in [2.05, 4.69) is 34.1 Å². The third-order valence-electron chi connectivity index (χ3n) is 7.72. The number of nitro benzene ring substituents is 1. The van der Waals surface area contributed by atoms with Gasteiger partial charge in [-0.15, -0.1) is 0 Å². The number of non-ortho nitro benzene ring substituents is 1. The molecule has 0 amide bonds. The van der Waals surface area contributed by atoms with Gasteiger partial charge in [-0.2, -0.15) is 0 Å². The van der Waals surface area contributed by atoms with Crippen LogP contribution in [-0.2, 0) is 9.47 Å². The predicted octanol–water partition coefficient (Wildman–Crippen LogP) is 7.15. The van der Waals surface area contributed by atoms with Crippen molar-refractivity contribution < 1.29 is 24.0 Å². The number of aromatic nitrogens is 1. The van der Waals surface area contributed by atoms with Crippen LogP contribution in [0.15, 0.2) is 84.9 Å². The van der Waals surface area contributed by atoms with Crippen molar-refractivity contribution in [1.29, 1.82) is 0 Å². The summed E-state index contributed by atoms with van der Waals surface area (Å²) in [5, 5.41) is 11.6. The number of nitrogens with zero attached hydrogens (tertiary/aromatic N) is 3. The van der Waals surface area contributed by atoms with Crippen LogP contribution in [0, 0.1) is 24.0 Å². The number of likely N-dealkylation sites (N-methyl/N-ethyl adjacent to an activating group) is 1. The average Bonchev–Trinajstić information content (AvgIpc) is 3.01. The summed E-state index contributed by atoms with van der Waals surface area (Å²) in [6.45, 7) is 8.12. The zero-order valence-electron chi connectivity index (χ0n) is 26.6. The van der Waals surface area contributed by atoms with Crippen molar-refractivity contribution in [3.05, 3.63) is 129 Å². The summed E-state index contributed by atoms with van der Waals surface area (Å²) in [5.74, 6) is -1.19. The number of pyridine rings is 1. The molecule has 3 aromatic carbocycles. The number of methoxy groups -OCH3 is 1. The molecule has 0 atom stereocenters. The maximum absolute atomic E-state index is 13.9. The second-order valence-electron chi connectivity index (χ2n) is 11.8. The number of nitro groups is 1. The molecule has 0 saturated heterocycles. The van der Waals surface area contributed by atoms with Gasteiger partial charge in [-0.25, -0.2) is 9.59 Å². The minimum Gasteiger partial charge on any atom is -0.465 e. The summed E-state index contributed by atoms with van der Waals surface area (Å²) in [4.78, 5) is 44.5. The molecule has 45 heavy (non-hydrogen) atoms. The first-order chi connectivity index (χ1) is 21.4. The number of carbonyl (C=O) groups is 2. The fourth-order valence-corrected chi connectivity index (χ4v) is 5.82. The number of hydrogen-bond acceptors (Lipinski definition) is 8. The van der Waals surface area contributed by atoms with Crippen molar-refractivity contribution >= 4 is 17.6 Å². The number of rotatable bonds is 12. The lowest BCUT2D eigenvalue weighted by molar-refractivity contribution is -0.384. The summed E-state index contributed by atoms with van der Waals surface area (Å²) in [5.41, 5.74) is 2.66. The van der Waals surface area contributed by atoms with Gasteiger partial charge in [-0.1, -0.05) is 72.8 Å². The van der Waals surface area contributed by atoms with Gasteiger partial charge in [-0.05, 0) is 64.4 Å². The highest BCUT2D eigenvalue weighted by atomic mass is 16.6. The van der Waals surface area contributed by atoms with Crippen molar-refractivity contribution in [2.24, 2.45) is 0 Å². The van der Waals surface area contributed by atoms with Crippen molar-refractivity contribution in [3.8, 4) is 11.1 Å². The molecule has 0 aliphatic heterocycles. The Morgan fingerprint density at radius 3 is 1.98 bits per heavy atom. The summed E-state index contributed by atoms with van der Waals surface area (Å²) in [7, 11) is 3.22. The highest BCUT2D eigenvalue weighted by molar-refractivity contribution is 6.07. The van der Waals surface area contributed by atoms with Crippen LogP contribution in [0.4, 0.5) is 5.69 Å². The van der Waals surface area contributed by atoms with Crippen LogP contribution in [0.3, 0.4) is 0 Å². The molecule has 234 valence electrons. The van der Waals surface area contributed by atoms with Gasteiger partial charge in [0, 0.05) is 30.2 Å². The van der Waals surface area contributed by atoms with Crippen molar-refractivity contribution in [1.82, 2.24) is 9.88 Å². The molecule has 9 nitrogen and oxygen atoms in total. The smallest absolute Gasteiger partial charge is 0.341 e. The van der Waals surface area contributed by atoms with E-state index in [4.69, 9.17) is 9.47 Å². The monoisotopic (exact) mass is 609 g/mol. The average molecular weight is 610 g/mol. The van der Waals surface area contributed by atoms with E-state index in [9.17, 15) is 19.7 Å². The molecule has 0 radical (unpaired) electrons. The van der Waals surface area contributed by atoms with E-state index in [1.54, 1.807) is 19.9 Å².